The Morgan fingerprint density at radius 1 is 1.36 bits per heavy atom. The lowest BCUT2D eigenvalue weighted by atomic mass is 9.91. The van der Waals surface area contributed by atoms with Crippen molar-refractivity contribution < 1.29 is 4.74 Å². The molecule has 0 aromatic heterocycles. The van der Waals surface area contributed by atoms with Crippen molar-refractivity contribution in [3.8, 4) is 5.75 Å². The molecule has 1 aliphatic heterocycles. The van der Waals surface area contributed by atoms with E-state index in [0.717, 1.165) is 37.1 Å². The van der Waals surface area contributed by atoms with Crippen LogP contribution < -0.4 is 15.8 Å². The van der Waals surface area contributed by atoms with Gasteiger partial charge in [0.25, 0.3) is 0 Å². The summed E-state index contributed by atoms with van der Waals surface area (Å²) >= 11 is 0. The van der Waals surface area contributed by atoms with Gasteiger partial charge in [0.05, 0.1) is 12.6 Å². The number of guanidine groups is 1. The number of hydrogen-bond donors (Lipinski definition) is 2. The van der Waals surface area contributed by atoms with Crippen LogP contribution in [0.2, 0.25) is 0 Å². The van der Waals surface area contributed by atoms with Crippen molar-refractivity contribution in [3.63, 3.8) is 0 Å². The number of rotatable bonds is 4. The second-order valence-corrected chi connectivity index (χ2v) is 6.80. The van der Waals surface area contributed by atoms with Crippen LogP contribution in [-0.2, 0) is 0 Å². The highest BCUT2D eigenvalue weighted by Crippen LogP contribution is 2.31. The third kappa shape index (κ3) is 6.02. The van der Waals surface area contributed by atoms with Gasteiger partial charge in [-0.05, 0) is 24.3 Å². The molecule has 124 valence electrons. The average Bonchev–Trinajstić information content (AvgIpc) is 2.43. The fourth-order valence-corrected chi connectivity index (χ4v) is 2.53. The lowest BCUT2D eigenvalue weighted by Gasteiger charge is -2.27. The summed E-state index contributed by atoms with van der Waals surface area (Å²) in [6.45, 7) is 8.23. The number of nitrogens with two attached hydrogens (primary N) is 1. The van der Waals surface area contributed by atoms with Crippen molar-refractivity contribution in [2.75, 3.05) is 13.2 Å². The van der Waals surface area contributed by atoms with E-state index < -0.39 is 0 Å². The number of para-hydroxylation sites is 1. The molecule has 0 saturated carbocycles. The maximum Gasteiger partial charge on any atom is 0.189 e. The molecule has 0 spiro atoms. The summed E-state index contributed by atoms with van der Waals surface area (Å²) in [5, 5.41) is 3.32. The first kappa shape index (κ1) is 19.1. The summed E-state index contributed by atoms with van der Waals surface area (Å²) in [5.41, 5.74) is 7.53. The van der Waals surface area contributed by atoms with Crippen molar-refractivity contribution in [1.29, 1.82) is 0 Å². The van der Waals surface area contributed by atoms with Gasteiger partial charge in [0.15, 0.2) is 5.96 Å². The number of nitrogens with zero attached hydrogens (tertiary/aromatic N) is 1. The van der Waals surface area contributed by atoms with Crippen LogP contribution in [0.5, 0.6) is 5.75 Å². The maximum absolute atomic E-state index is 6.01. The summed E-state index contributed by atoms with van der Waals surface area (Å²) in [6, 6.07) is 8.30. The zero-order valence-corrected chi connectivity index (χ0v) is 16.1. The molecular weight excluding hydrogens is 389 g/mol. The van der Waals surface area contributed by atoms with Crippen LogP contribution in [0, 0.1) is 5.41 Å². The Morgan fingerprint density at radius 2 is 2.09 bits per heavy atom. The number of benzene rings is 1. The van der Waals surface area contributed by atoms with E-state index in [0.29, 0.717) is 18.0 Å². The van der Waals surface area contributed by atoms with Crippen LogP contribution in [-0.4, -0.2) is 19.1 Å². The van der Waals surface area contributed by atoms with Crippen LogP contribution in [0.3, 0.4) is 0 Å². The molecule has 0 saturated heterocycles. The predicted octanol–water partition coefficient (Wildman–Crippen LogP) is 3.86. The van der Waals surface area contributed by atoms with E-state index in [2.05, 4.69) is 37.1 Å². The van der Waals surface area contributed by atoms with Gasteiger partial charge >= 0.3 is 0 Å². The Morgan fingerprint density at radius 3 is 2.82 bits per heavy atom. The Labute approximate surface area is 150 Å². The van der Waals surface area contributed by atoms with Crippen molar-refractivity contribution in [3.05, 3.63) is 29.8 Å². The monoisotopic (exact) mass is 417 g/mol. The van der Waals surface area contributed by atoms with Crippen LogP contribution in [0.25, 0.3) is 0 Å². The van der Waals surface area contributed by atoms with Gasteiger partial charge in [-0.3, -0.25) is 4.99 Å². The smallest absolute Gasteiger partial charge is 0.189 e. The first-order chi connectivity index (χ1) is 9.96. The number of hydrogen-bond acceptors (Lipinski definition) is 2. The van der Waals surface area contributed by atoms with Gasteiger partial charge in [-0.2, -0.15) is 0 Å². The molecule has 1 atom stereocenters. The zero-order chi connectivity index (χ0) is 15.3. The molecule has 5 heteroatoms. The fraction of sp³-hybridized carbons (Fsp3) is 0.588. The third-order valence-corrected chi connectivity index (χ3v) is 3.65. The maximum atomic E-state index is 6.01. The number of aliphatic imine (C=N–C) groups is 1. The molecular formula is C17H28IN3O. The topological polar surface area (TPSA) is 59.6 Å². The van der Waals surface area contributed by atoms with E-state index in [9.17, 15) is 0 Å². The Hall–Kier alpha value is -0.980. The van der Waals surface area contributed by atoms with Gasteiger partial charge in [0.2, 0.25) is 0 Å². The summed E-state index contributed by atoms with van der Waals surface area (Å²) in [6.07, 6.45) is 3.13. The van der Waals surface area contributed by atoms with Gasteiger partial charge in [0.1, 0.15) is 5.75 Å². The van der Waals surface area contributed by atoms with Gasteiger partial charge < -0.3 is 15.8 Å². The molecule has 1 aliphatic rings. The predicted molar refractivity (Wildman–Crippen MR) is 103 cm³/mol. The molecule has 1 aromatic carbocycles. The molecule has 1 aromatic rings. The number of fused-ring (bicyclic) bond motifs is 1. The first-order valence-electron chi connectivity index (χ1n) is 7.74. The average molecular weight is 417 g/mol. The highest BCUT2D eigenvalue weighted by Gasteiger charge is 2.21. The van der Waals surface area contributed by atoms with Crippen LogP contribution >= 0.6 is 24.0 Å². The van der Waals surface area contributed by atoms with Gasteiger partial charge in [-0.1, -0.05) is 39.0 Å². The minimum absolute atomic E-state index is 0. The zero-order valence-electron chi connectivity index (χ0n) is 13.8. The van der Waals surface area contributed by atoms with E-state index in [1.807, 2.05) is 18.2 Å². The molecule has 0 fully saturated rings. The van der Waals surface area contributed by atoms with Crippen molar-refractivity contribution >= 4 is 29.9 Å². The van der Waals surface area contributed by atoms with Crippen molar-refractivity contribution in [2.24, 2.45) is 16.1 Å². The Kier molecular flexibility index (Phi) is 7.45. The number of nitrogens with one attached hydrogen (secondary N) is 1. The number of ether oxygens (including phenoxy) is 1. The van der Waals surface area contributed by atoms with Crippen molar-refractivity contribution in [1.82, 2.24) is 5.32 Å². The van der Waals surface area contributed by atoms with E-state index >= 15 is 0 Å². The lowest BCUT2D eigenvalue weighted by Crippen LogP contribution is -2.37. The molecule has 2 rings (SSSR count). The molecule has 3 N–H and O–H groups in total. The lowest BCUT2D eigenvalue weighted by molar-refractivity contribution is 0.262. The van der Waals surface area contributed by atoms with Gasteiger partial charge in [0, 0.05) is 18.5 Å². The molecule has 0 bridgehead atoms. The summed E-state index contributed by atoms with van der Waals surface area (Å²) in [4.78, 5) is 4.44. The molecule has 0 amide bonds. The normalized spacial score (nSPS) is 18.0. The fourth-order valence-electron chi connectivity index (χ4n) is 2.53. The standard InChI is InChI=1S/C17H27N3O.HI/c1-17(2,3)10-6-11-19-16(18)20-14-9-12-21-15-8-5-4-7-13(14)15;/h4-5,7-8,14H,6,9-12H2,1-3H3,(H3,18,19,20);1H. The van der Waals surface area contributed by atoms with E-state index in [1.165, 1.54) is 0 Å². The highest BCUT2D eigenvalue weighted by atomic mass is 127. The highest BCUT2D eigenvalue weighted by molar-refractivity contribution is 14.0. The molecule has 1 unspecified atom stereocenters. The minimum Gasteiger partial charge on any atom is -0.493 e. The van der Waals surface area contributed by atoms with E-state index in [-0.39, 0.29) is 30.0 Å². The van der Waals surface area contributed by atoms with Crippen LogP contribution in [0.15, 0.2) is 29.3 Å². The molecule has 4 nitrogen and oxygen atoms in total. The molecule has 1 heterocycles. The summed E-state index contributed by atoms with van der Waals surface area (Å²) in [5.74, 6) is 1.48. The van der Waals surface area contributed by atoms with Gasteiger partial charge in [-0.15, -0.1) is 24.0 Å². The second kappa shape index (κ2) is 8.60. The molecule has 0 aliphatic carbocycles. The number of halogens is 1. The first-order valence-corrected chi connectivity index (χ1v) is 7.74. The van der Waals surface area contributed by atoms with E-state index in [4.69, 9.17) is 10.5 Å². The van der Waals surface area contributed by atoms with Crippen LogP contribution in [0.1, 0.15) is 51.6 Å². The van der Waals surface area contributed by atoms with Crippen LogP contribution in [0.4, 0.5) is 0 Å². The Balaban J connectivity index is 0.00000242. The van der Waals surface area contributed by atoms with Gasteiger partial charge in [-0.25, -0.2) is 0 Å². The van der Waals surface area contributed by atoms with E-state index in [1.54, 1.807) is 0 Å². The second-order valence-electron chi connectivity index (χ2n) is 6.80. The minimum atomic E-state index is 0. The third-order valence-electron chi connectivity index (χ3n) is 3.65. The molecule has 0 radical (unpaired) electrons. The Bertz CT molecular complexity index is 497. The summed E-state index contributed by atoms with van der Waals surface area (Å²) in [7, 11) is 0. The summed E-state index contributed by atoms with van der Waals surface area (Å²) < 4.78 is 5.65. The SMILES string of the molecule is CC(C)(C)CCCN=C(N)NC1CCOc2ccccc21.I. The quantitative estimate of drug-likeness (QED) is 0.339. The largest absolute Gasteiger partial charge is 0.493 e. The van der Waals surface area contributed by atoms with Crippen molar-refractivity contribution in [2.45, 2.75) is 46.1 Å². The molecule has 22 heavy (non-hydrogen) atoms.